The van der Waals surface area contributed by atoms with Crippen LogP contribution in [0.5, 0.6) is 0 Å². The molecule has 0 radical (unpaired) electrons. The second kappa shape index (κ2) is 58.2. The van der Waals surface area contributed by atoms with Gasteiger partial charge in [-0.15, -0.1) is 0 Å². The van der Waals surface area contributed by atoms with Crippen molar-refractivity contribution in [2.75, 3.05) is 6.61 Å². The first-order valence-corrected chi connectivity index (χ1v) is 30.6. The molecule has 0 aliphatic rings. The fraction of sp³-hybridized carbons (Fsp3) is 0.919. The van der Waals surface area contributed by atoms with Crippen molar-refractivity contribution in [2.45, 2.75) is 360 Å². The molecule has 0 saturated carbocycles. The van der Waals surface area contributed by atoms with Gasteiger partial charge in [0, 0.05) is 6.42 Å². The van der Waals surface area contributed by atoms with Crippen LogP contribution in [0.2, 0.25) is 0 Å². The minimum atomic E-state index is -0.858. The number of hydrogen-bond donors (Lipinski definition) is 3. The summed E-state index contributed by atoms with van der Waals surface area (Å²) < 4.78 is 0. The maximum absolute atomic E-state index is 12.4. The number of aliphatic hydroxyl groups is 2. The van der Waals surface area contributed by atoms with Gasteiger partial charge in [0.2, 0.25) is 5.91 Å². The molecule has 0 spiro atoms. The number of unbranched alkanes of at least 4 members (excludes halogenated alkanes) is 48. The van der Waals surface area contributed by atoms with Gasteiger partial charge >= 0.3 is 0 Å². The Kier molecular flexibility index (Phi) is 57.2. The minimum absolute atomic E-state index is 0.0680. The Hall–Kier alpha value is -1.13. The van der Waals surface area contributed by atoms with E-state index < -0.39 is 12.1 Å². The molecule has 0 saturated heterocycles. The van der Waals surface area contributed by atoms with E-state index in [1.807, 2.05) is 6.08 Å². The van der Waals surface area contributed by atoms with Crippen molar-refractivity contribution in [3.8, 4) is 0 Å². The zero-order valence-corrected chi connectivity index (χ0v) is 45.2. The largest absolute Gasteiger partial charge is 0.394 e. The van der Waals surface area contributed by atoms with Gasteiger partial charge in [-0.05, 0) is 32.1 Å². The fourth-order valence-corrected chi connectivity index (χ4v) is 9.79. The highest BCUT2D eigenvalue weighted by Crippen LogP contribution is 2.18. The van der Waals surface area contributed by atoms with Crippen LogP contribution in [-0.2, 0) is 4.79 Å². The van der Waals surface area contributed by atoms with E-state index in [9.17, 15) is 15.0 Å². The maximum atomic E-state index is 12.4. The molecule has 0 aliphatic carbocycles. The Morgan fingerprint density at radius 3 is 0.879 bits per heavy atom. The molecule has 392 valence electrons. The number of allylic oxidation sites excluding steroid dienone is 3. The van der Waals surface area contributed by atoms with Crippen LogP contribution in [-0.4, -0.2) is 34.9 Å². The summed E-state index contributed by atoms with van der Waals surface area (Å²) in [7, 11) is 0. The normalized spacial score (nSPS) is 12.8. The molecule has 0 bridgehead atoms. The lowest BCUT2D eigenvalue weighted by Gasteiger charge is -2.19. The van der Waals surface area contributed by atoms with Crippen molar-refractivity contribution in [1.29, 1.82) is 0 Å². The number of nitrogens with one attached hydrogen (secondary N) is 1. The van der Waals surface area contributed by atoms with E-state index in [1.165, 1.54) is 295 Å². The zero-order valence-electron chi connectivity index (χ0n) is 45.2. The standard InChI is InChI=1S/C62H121NO3/c1-3-5-7-9-11-13-15-17-18-19-20-21-22-23-24-25-26-27-28-29-30-31-32-33-34-35-36-37-38-39-40-41-42-43-44-46-48-50-52-54-56-58-62(66)63-60(59-64)61(65)57-55-53-51-49-47-45-16-14-12-10-8-6-4-2/h47,49,55,57,60-61,64-65H,3-46,48,50-54,56,58-59H2,1-2H3,(H,63,66)/b49-47+,57-55+. The summed E-state index contributed by atoms with van der Waals surface area (Å²) in [6.07, 6.45) is 78.2. The Labute approximate surface area is 415 Å². The molecule has 2 unspecified atom stereocenters. The van der Waals surface area contributed by atoms with Crippen molar-refractivity contribution < 1.29 is 15.0 Å². The van der Waals surface area contributed by atoms with Crippen molar-refractivity contribution in [1.82, 2.24) is 5.32 Å². The van der Waals surface area contributed by atoms with E-state index in [-0.39, 0.29) is 12.5 Å². The van der Waals surface area contributed by atoms with Crippen molar-refractivity contribution in [2.24, 2.45) is 0 Å². The quantitative estimate of drug-likeness (QED) is 0.0420. The molecule has 4 nitrogen and oxygen atoms in total. The zero-order chi connectivity index (χ0) is 47.7. The van der Waals surface area contributed by atoms with Gasteiger partial charge in [0.15, 0.2) is 0 Å². The van der Waals surface area contributed by atoms with Crippen molar-refractivity contribution in [3.05, 3.63) is 24.3 Å². The third-order valence-electron chi connectivity index (χ3n) is 14.4. The van der Waals surface area contributed by atoms with Crippen LogP contribution in [0.1, 0.15) is 348 Å². The average Bonchev–Trinajstić information content (AvgIpc) is 3.32. The Morgan fingerprint density at radius 1 is 0.348 bits per heavy atom. The molecule has 0 fully saturated rings. The smallest absolute Gasteiger partial charge is 0.220 e. The molecular weight excluding hydrogens is 807 g/mol. The molecule has 0 aromatic rings. The van der Waals surface area contributed by atoms with Gasteiger partial charge in [0.1, 0.15) is 0 Å². The van der Waals surface area contributed by atoms with Crippen LogP contribution in [0.15, 0.2) is 24.3 Å². The van der Waals surface area contributed by atoms with E-state index in [0.29, 0.717) is 6.42 Å². The molecule has 2 atom stereocenters. The molecule has 1 amide bonds. The van der Waals surface area contributed by atoms with Gasteiger partial charge in [-0.2, -0.15) is 0 Å². The Balaban J connectivity index is 3.33. The van der Waals surface area contributed by atoms with Crippen LogP contribution in [0.4, 0.5) is 0 Å². The number of hydrogen-bond acceptors (Lipinski definition) is 3. The highest BCUT2D eigenvalue weighted by molar-refractivity contribution is 5.76. The lowest BCUT2D eigenvalue weighted by molar-refractivity contribution is -0.123. The first-order valence-electron chi connectivity index (χ1n) is 30.6. The van der Waals surface area contributed by atoms with E-state index in [4.69, 9.17) is 0 Å². The Bertz CT molecular complexity index is 963. The molecule has 3 N–H and O–H groups in total. The highest BCUT2D eigenvalue weighted by atomic mass is 16.3. The molecule has 0 aliphatic heterocycles. The average molecular weight is 929 g/mol. The maximum Gasteiger partial charge on any atom is 0.220 e. The van der Waals surface area contributed by atoms with Gasteiger partial charge in [-0.3, -0.25) is 4.79 Å². The topological polar surface area (TPSA) is 69.6 Å². The van der Waals surface area contributed by atoms with Crippen LogP contribution in [0.25, 0.3) is 0 Å². The van der Waals surface area contributed by atoms with E-state index in [0.717, 1.165) is 32.1 Å². The molecule has 0 rings (SSSR count). The number of rotatable bonds is 57. The lowest BCUT2D eigenvalue weighted by atomic mass is 10.0. The van der Waals surface area contributed by atoms with Crippen LogP contribution >= 0.6 is 0 Å². The molecule has 4 heteroatoms. The summed E-state index contributed by atoms with van der Waals surface area (Å²) >= 11 is 0. The van der Waals surface area contributed by atoms with Gasteiger partial charge in [0.05, 0.1) is 18.8 Å². The number of carbonyl (C=O) groups excluding carboxylic acids is 1. The second-order valence-corrected chi connectivity index (χ2v) is 21.1. The molecule has 0 aromatic carbocycles. The first kappa shape index (κ1) is 64.9. The second-order valence-electron chi connectivity index (χ2n) is 21.1. The predicted molar refractivity (Wildman–Crippen MR) is 295 cm³/mol. The fourth-order valence-electron chi connectivity index (χ4n) is 9.79. The van der Waals surface area contributed by atoms with Crippen LogP contribution < -0.4 is 5.32 Å². The van der Waals surface area contributed by atoms with E-state index in [2.05, 4.69) is 31.3 Å². The number of carbonyl (C=O) groups is 1. The van der Waals surface area contributed by atoms with Gasteiger partial charge < -0.3 is 15.5 Å². The number of amides is 1. The number of aliphatic hydroxyl groups excluding tert-OH is 2. The van der Waals surface area contributed by atoms with Crippen LogP contribution in [0.3, 0.4) is 0 Å². The summed E-state index contributed by atoms with van der Waals surface area (Å²) in [4.78, 5) is 12.4. The summed E-state index contributed by atoms with van der Waals surface area (Å²) in [5, 5.41) is 23.0. The van der Waals surface area contributed by atoms with Crippen molar-refractivity contribution in [3.63, 3.8) is 0 Å². The summed E-state index contributed by atoms with van der Waals surface area (Å²) in [6, 6.07) is -0.635. The third kappa shape index (κ3) is 53.8. The molecule has 66 heavy (non-hydrogen) atoms. The monoisotopic (exact) mass is 928 g/mol. The van der Waals surface area contributed by atoms with Gasteiger partial charge in [0.25, 0.3) is 0 Å². The Morgan fingerprint density at radius 2 is 0.591 bits per heavy atom. The first-order chi connectivity index (χ1) is 32.7. The molecular formula is C62H121NO3. The minimum Gasteiger partial charge on any atom is -0.394 e. The van der Waals surface area contributed by atoms with E-state index >= 15 is 0 Å². The highest BCUT2D eigenvalue weighted by Gasteiger charge is 2.18. The summed E-state index contributed by atoms with van der Waals surface area (Å²) in [6.45, 7) is 4.32. The lowest BCUT2D eigenvalue weighted by Crippen LogP contribution is -2.45. The van der Waals surface area contributed by atoms with E-state index in [1.54, 1.807) is 6.08 Å². The summed E-state index contributed by atoms with van der Waals surface area (Å²) in [5.41, 5.74) is 0. The third-order valence-corrected chi connectivity index (χ3v) is 14.4. The van der Waals surface area contributed by atoms with Gasteiger partial charge in [-0.1, -0.05) is 334 Å². The molecule has 0 heterocycles. The summed E-state index contributed by atoms with van der Waals surface area (Å²) in [5.74, 6) is -0.0680. The van der Waals surface area contributed by atoms with Crippen molar-refractivity contribution >= 4 is 5.91 Å². The van der Waals surface area contributed by atoms with Crippen LogP contribution in [0, 0.1) is 0 Å². The predicted octanol–water partition coefficient (Wildman–Crippen LogP) is 20.3. The SMILES string of the molecule is CCCCCCCCC/C=C/CC/C=C/C(O)C(CO)NC(=O)CCCCCCCCCCCCCCCCCCCCCCCCCCCCCCCCCCCCCCCCCCC. The molecule has 0 aromatic heterocycles. The van der Waals surface area contributed by atoms with Gasteiger partial charge in [-0.25, -0.2) is 0 Å².